The van der Waals surface area contributed by atoms with Crippen LogP contribution in [0.2, 0.25) is 0 Å². The number of hydrogen-bond acceptors (Lipinski definition) is 5. The second-order valence-corrected chi connectivity index (χ2v) is 9.43. The van der Waals surface area contributed by atoms with Crippen LogP contribution < -0.4 is 5.32 Å². The highest BCUT2D eigenvalue weighted by Crippen LogP contribution is 2.34. The topological polar surface area (TPSA) is 89.3 Å². The van der Waals surface area contributed by atoms with Gasteiger partial charge >= 0.3 is 0 Å². The molecule has 5 rings (SSSR count). The number of hydrogen-bond donors (Lipinski definition) is 1. The monoisotopic (exact) mass is 437 g/mol. The van der Waals surface area contributed by atoms with Crippen molar-refractivity contribution in [3.05, 3.63) is 47.3 Å². The Morgan fingerprint density at radius 3 is 2.75 bits per heavy atom. The van der Waals surface area contributed by atoms with Crippen molar-refractivity contribution < 1.29 is 14.3 Å². The fourth-order valence-corrected chi connectivity index (χ4v) is 5.33. The summed E-state index contributed by atoms with van der Waals surface area (Å²) >= 11 is 0. The first-order chi connectivity index (χ1) is 15.6. The van der Waals surface area contributed by atoms with Gasteiger partial charge in [0, 0.05) is 18.5 Å². The molecular formula is C24H31N5O3. The molecule has 1 aromatic heterocycles. The lowest BCUT2D eigenvalue weighted by atomic mass is 9.90. The van der Waals surface area contributed by atoms with Crippen LogP contribution >= 0.6 is 0 Å². The van der Waals surface area contributed by atoms with Crippen LogP contribution in [0.4, 0.5) is 0 Å². The van der Waals surface area contributed by atoms with Crippen molar-refractivity contribution in [1.29, 1.82) is 0 Å². The van der Waals surface area contributed by atoms with Gasteiger partial charge in [-0.25, -0.2) is 4.68 Å². The zero-order valence-electron chi connectivity index (χ0n) is 18.5. The summed E-state index contributed by atoms with van der Waals surface area (Å²) in [6.45, 7) is 2.74. The van der Waals surface area contributed by atoms with Gasteiger partial charge in [-0.2, -0.15) is 0 Å². The van der Waals surface area contributed by atoms with E-state index in [-0.39, 0.29) is 11.8 Å². The highest BCUT2D eigenvalue weighted by Gasteiger charge is 2.42. The fourth-order valence-electron chi connectivity index (χ4n) is 5.33. The van der Waals surface area contributed by atoms with E-state index in [0.717, 1.165) is 30.8 Å². The average molecular weight is 438 g/mol. The minimum atomic E-state index is -0.394. The number of benzene rings is 1. The van der Waals surface area contributed by atoms with Crippen LogP contribution in [0, 0.1) is 5.92 Å². The van der Waals surface area contributed by atoms with E-state index >= 15 is 0 Å². The maximum atomic E-state index is 12.9. The zero-order valence-corrected chi connectivity index (χ0v) is 18.5. The van der Waals surface area contributed by atoms with Crippen LogP contribution in [0.5, 0.6) is 0 Å². The first kappa shape index (κ1) is 21.1. The van der Waals surface area contributed by atoms with E-state index in [9.17, 15) is 9.59 Å². The standard InChI is InChI=1S/C24H31N5O3/c30-22(13-18-7-4-5-8-18)28-12-6-11-24(16-28)17-29-21(15-32-24)20(26-27-29)14-25-23(31)19-9-2-1-3-10-19/h1-3,9-10,18H,4-8,11-17H2,(H,25,31). The molecule has 1 N–H and O–H groups in total. The molecule has 8 nitrogen and oxygen atoms in total. The zero-order chi connectivity index (χ0) is 22.0. The van der Waals surface area contributed by atoms with Gasteiger partial charge in [-0.3, -0.25) is 9.59 Å². The Bertz CT molecular complexity index is 969. The number of rotatable bonds is 5. The predicted molar refractivity (Wildman–Crippen MR) is 118 cm³/mol. The van der Waals surface area contributed by atoms with E-state index in [4.69, 9.17) is 4.74 Å². The Hall–Kier alpha value is -2.74. The molecular weight excluding hydrogens is 406 g/mol. The van der Waals surface area contributed by atoms with Gasteiger partial charge in [0.2, 0.25) is 5.91 Å². The molecule has 1 spiro atoms. The smallest absolute Gasteiger partial charge is 0.251 e. The van der Waals surface area contributed by atoms with Crippen LogP contribution in [-0.2, 0) is 29.2 Å². The summed E-state index contributed by atoms with van der Waals surface area (Å²) in [7, 11) is 0. The van der Waals surface area contributed by atoms with Crippen molar-refractivity contribution >= 4 is 11.8 Å². The lowest BCUT2D eigenvalue weighted by molar-refractivity contribution is -0.153. The third-order valence-electron chi connectivity index (χ3n) is 7.15. The molecule has 32 heavy (non-hydrogen) atoms. The van der Waals surface area contributed by atoms with Crippen LogP contribution in [0.3, 0.4) is 0 Å². The molecule has 0 radical (unpaired) electrons. The summed E-state index contributed by atoms with van der Waals surface area (Å²) in [6.07, 6.45) is 7.43. The van der Waals surface area contributed by atoms with E-state index in [1.807, 2.05) is 27.8 Å². The lowest BCUT2D eigenvalue weighted by Crippen LogP contribution is -2.55. The summed E-state index contributed by atoms with van der Waals surface area (Å²) < 4.78 is 8.27. The van der Waals surface area contributed by atoms with Crippen molar-refractivity contribution in [3.8, 4) is 0 Å². The van der Waals surface area contributed by atoms with Crippen molar-refractivity contribution in [1.82, 2.24) is 25.2 Å². The van der Waals surface area contributed by atoms with Crippen LogP contribution in [0.25, 0.3) is 0 Å². The molecule has 1 saturated heterocycles. The van der Waals surface area contributed by atoms with E-state index in [2.05, 4.69) is 15.6 Å². The third kappa shape index (κ3) is 4.41. The normalized spacial score (nSPS) is 23.3. The Morgan fingerprint density at radius 2 is 1.94 bits per heavy atom. The average Bonchev–Trinajstić information content (AvgIpc) is 3.47. The van der Waals surface area contributed by atoms with Gasteiger partial charge in [0.25, 0.3) is 5.91 Å². The molecule has 0 bridgehead atoms. The van der Waals surface area contributed by atoms with E-state index in [1.54, 1.807) is 12.1 Å². The fraction of sp³-hybridized carbons (Fsp3) is 0.583. The number of amides is 2. The lowest BCUT2D eigenvalue weighted by Gasteiger charge is -2.44. The molecule has 2 aromatic rings. The first-order valence-electron chi connectivity index (χ1n) is 11.8. The van der Waals surface area contributed by atoms with Crippen molar-refractivity contribution in [2.75, 3.05) is 13.1 Å². The third-order valence-corrected chi connectivity index (χ3v) is 7.15. The van der Waals surface area contributed by atoms with E-state index in [0.29, 0.717) is 44.1 Å². The Kier molecular flexibility index (Phi) is 5.95. The Morgan fingerprint density at radius 1 is 1.12 bits per heavy atom. The number of carbonyl (C=O) groups excluding carboxylic acids is 2. The summed E-state index contributed by atoms with van der Waals surface area (Å²) in [6, 6.07) is 9.13. The van der Waals surface area contributed by atoms with Gasteiger partial charge in [-0.15, -0.1) is 5.10 Å². The number of nitrogens with one attached hydrogen (secondary N) is 1. The number of nitrogens with zero attached hydrogens (tertiary/aromatic N) is 4. The number of piperidine rings is 1. The van der Waals surface area contributed by atoms with Crippen molar-refractivity contribution in [3.63, 3.8) is 0 Å². The highest BCUT2D eigenvalue weighted by molar-refractivity contribution is 5.94. The second kappa shape index (κ2) is 9.02. The molecule has 3 aliphatic rings. The molecule has 1 unspecified atom stereocenters. The molecule has 3 heterocycles. The second-order valence-electron chi connectivity index (χ2n) is 9.43. The number of ether oxygens (including phenoxy) is 1. The minimum absolute atomic E-state index is 0.135. The van der Waals surface area contributed by atoms with Gasteiger partial charge in [0.15, 0.2) is 0 Å². The number of likely N-dealkylation sites (tertiary alicyclic amines) is 1. The first-order valence-corrected chi connectivity index (χ1v) is 11.8. The van der Waals surface area contributed by atoms with Crippen LogP contribution in [0.15, 0.2) is 30.3 Å². The largest absolute Gasteiger partial charge is 0.365 e. The molecule has 2 fully saturated rings. The molecule has 1 saturated carbocycles. The summed E-state index contributed by atoms with van der Waals surface area (Å²) in [4.78, 5) is 27.2. The SMILES string of the molecule is O=C(NCc1nnn2c1COC1(CCCN(C(=O)CC3CCCC3)C1)C2)c1ccccc1. The van der Waals surface area contributed by atoms with Crippen molar-refractivity contribution in [2.24, 2.45) is 5.92 Å². The maximum Gasteiger partial charge on any atom is 0.251 e. The van der Waals surface area contributed by atoms with E-state index < -0.39 is 5.60 Å². The Labute approximate surface area is 188 Å². The van der Waals surface area contributed by atoms with E-state index in [1.165, 1.54) is 25.7 Å². The molecule has 170 valence electrons. The van der Waals surface area contributed by atoms with Gasteiger partial charge in [0.1, 0.15) is 11.3 Å². The number of carbonyl (C=O) groups is 2. The van der Waals surface area contributed by atoms with Crippen molar-refractivity contribution in [2.45, 2.75) is 70.2 Å². The molecule has 1 aromatic carbocycles. The van der Waals surface area contributed by atoms with Gasteiger partial charge in [-0.05, 0) is 43.7 Å². The molecule has 1 aliphatic carbocycles. The van der Waals surface area contributed by atoms with Crippen LogP contribution in [0.1, 0.15) is 66.7 Å². The molecule has 1 atom stereocenters. The maximum absolute atomic E-state index is 12.9. The summed E-state index contributed by atoms with van der Waals surface area (Å²) in [5, 5.41) is 11.6. The van der Waals surface area contributed by atoms with Gasteiger partial charge < -0.3 is 15.0 Å². The van der Waals surface area contributed by atoms with Gasteiger partial charge in [0.05, 0.1) is 31.9 Å². The number of fused-ring (bicyclic) bond motifs is 1. The molecule has 8 heteroatoms. The summed E-state index contributed by atoms with van der Waals surface area (Å²) in [5.41, 5.74) is 1.86. The van der Waals surface area contributed by atoms with Gasteiger partial charge in [-0.1, -0.05) is 36.3 Å². The molecule has 2 amide bonds. The summed E-state index contributed by atoms with van der Waals surface area (Å²) in [5.74, 6) is 0.695. The van der Waals surface area contributed by atoms with Crippen LogP contribution in [-0.4, -0.2) is 50.4 Å². The Balaban J connectivity index is 1.20. The quantitative estimate of drug-likeness (QED) is 0.777. The highest BCUT2D eigenvalue weighted by atomic mass is 16.5. The predicted octanol–water partition coefficient (Wildman–Crippen LogP) is 2.68. The minimum Gasteiger partial charge on any atom is -0.365 e. The number of aromatic nitrogens is 3. The molecule has 2 aliphatic heterocycles.